The van der Waals surface area contributed by atoms with E-state index in [0.29, 0.717) is 12.0 Å². The first-order chi connectivity index (χ1) is 7.56. The van der Waals surface area contributed by atoms with Crippen LogP contribution in [0.25, 0.3) is 0 Å². The molecule has 0 aliphatic carbocycles. The minimum Gasteiger partial charge on any atom is -0.507 e. The average Bonchev–Trinajstić information content (AvgIpc) is 2.26. The molecule has 0 fully saturated rings. The van der Waals surface area contributed by atoms with Crippen molar-refractivity contribution in [3.63, 3.8) is 0 Å². The van der Waals surface area contributed by atoms with E-state index in [1.807, 2.05) is 19.1 Å². The quantitative estimate of drug-likeness (QED) is 0.711. The molecule has 0 spiro atoms. The molecule has 1 unspecified atom stereocenters. The lowest BCUT2D eigenvalue weighted by Crippen LogP contribution is -2.12. The van der Waals surface area contributed by atoms with Crippen LogP contribution in [0.1, 0.15) is 36.9 Å². The topological polar surface area (TPSA) is 83.6 Å². The first kappa shape index (κ1) is 12.5. The van der Waals surface area contributed by atoms with Gasteiger partial charge in [-0.25, -0.2) is 0 Å². The van der Waals surface area contributed by atoms with Gasteiger partial charge in [-0.05, 0) is 18.4 Å². The number of phenolic OH excluding ortho intramolecular Hbond substituents is 1. The Balaban J connectivity index is 2.82. The largest absolute Gasteiger partial charge is 0.507 e. The Labute approximate surface area is 94.7 Å². The summed E-state index contributed by atoms with van der Waals surface area (Å²) >= 11 is 0. The first-order valence-electron chi connectivity index (χ1n) is 5.34. The Kier molecular flexibility index (Phi) is 4.31. The molecule has 1 atom stereocenters. The molecule has 4 nitrogen and oxygen atoms in total. The predicted molar refractivity (Wildman–Crippen MR) is 61.3 cm³/mol. The summed E-state index contributed by atoms with van der Waals surface area (Å²) < 4.78 is 0. The highest BCUT2D eigenvalue weighted by Crippen LogP contribution is 2.29. The molecule has 0 saturated carbocycles. The highest BCUT2D eigenvalue weighted by Gasteiger charge is 2.14. The van der Waals surface area contributed by atoms with E-state index in [4.69, 9.17) is 10.8 Å². The summed E-state index contributed by atoms with van der Waals surface area (Å²) in [7, 11) is 0. The normalized spacial score (nSPS) is 12.4. The molecule has 0 aromatic heterocycles. The monoisotopic (exact) mass is 223 g/mol. The van der Waals surface area contributed by atoms with Gasteiger partial charge < -0.3 is 15.9 Å². The molecule has 1 aromatic carbocycles. The van der Waals surface area contributed by atoms with Crippen molar-refractivity contribution < 1.29 is 15.0 Å². The predicted octanol–water partition coefficient (Wildman–Crippen LogP) is 1.82. The smallest absolute Gasteiger partial charge is 0.303 e. The molecule has 0 heterocycles. The number of carbonyl (C=O) groups is 1. The number of nitrogens with two attached hydrogens (primary N) is 1. The minimum atomic E-state index is -0.874. The number of hydrogen-bond acceptors (Lipinski definition) is 3. The van der Waals surface area contributed by atoms with Crippen LogP contribution < -0.4 is 5.73 Å². The number of benzene rings is 1. The molecule has 0 radical (unpaired) electrons. The molecule has 0 aliphatic rings. The van der Waals surface area contributed by atoms with Crippen molar-refractivity contribution in [1.29, 1.82) is 0 Å². The van der Waals surface area contributed by atoms with Gasteiger partial charge in [0, 0.05) is 18.0 Å². The van der Waals surface area contributed by atoms with Crippen molar-refractivity contribution in [2.75, 3.05) is 0 Å². The number of carboxylic acid groups (broad SMARTS) is 1. The maximum Gasteiger partial charge on any atom is 0.303 e. The fourth-order valence-electron chi connectivity index (χ4n) is 1.63. The minimum absolute atomic E-state index is 0.0109. The zero-order chi connectivity index (χ0) is 12.1. The summed E-state index contributed by atoms with van der Waals surface area (Å²) in [5, 5.41) is 18.5. The van der Waals surface area contributed by atoms with Crippen LogP contribution in [0.15, 0.2) is 18.2 Å². The molecule has 4 heteroatoms. The van der Waals surface area contributed by atoms with Gasteiger partial charge >= 0.3 is 5.97 Å². The van der Waals surface area contributed by atoms with Crippen molar-refractivity contribution in [1.82, 2.24) is 0 Å². The summed E-state index contributed by atoms with van der Waals surface area (Å²) in [6, 6.07) is 4.97. The van der Waals surface area contributed by atoms with Gasteiger partial charge in [0.25, 0.3) is 0 Å². The van der Waals surface area contributed by atoms with Crippen LogP contribution in [0, 0.1) is 0 Å². The summed E-state index contributed by atoms with van der Waals surface area (Å²) in [5.74, 6) is -0.676. The SMILES string of the molecule is CCc1cccc(C(N)CCC(=O)O)c1O. The van der Waals surface area contributed by atoms with E-state index in [1.165, 1.54) is 0 Å². The van der Waals surface area contributed by atoms with Crippen LogP contribution in [0.2, 0.25) is 0 Å². The number of aryl methyl sites for hydroxylation is 1. The van der Waals surface area contributed by atoms with Gasteiger partial charge in [0.05, 0.1) is 0 Å². The second kappa shape index (κ2) is 5.51. The second-order valence-electron chi connectivity index (χ2n) is 3.75. The zero-order valence-corrected chi connectivity index (χ0v) is 9.31. The van der Waals surface area contributed by atoms with Crippen molar-refractivity contribution >= 4 is 5.97 Å². The Morgan fingerprint density at radius 2 is 2.19 bits per heavy atom. The van der Waals surface area contributed by atoms with Crippen LogP contribution in [0.5, 0.6) is 5.75 Å². The number of hydrogen-bond donors (Lipinski definition) is 3. The van der Waals surface area contributed by atoms with Crippen molar-refractivity contribution in [3.05, 3.63) is 29.3 Å². The maximum atomic E-state index is 10.4. The summed E-state index contributed by atoms with van der Waals surface area (Å²) in [5.41, 5.74) is 7.31. The number of aliphatic carboxylic acids is 1. The van der Waals surface area contributed by atoms with Gasteiger partial charge in [-0.1, -0.05) is 25.1 Å². The van der Waals surface area contributed by atoms with E-state index in [0.717, 1.165) is 12.0 Å². The van der Waals surface area contributed by atoms with Gasteiger partial charge in [-0.3, -0.25) is 4.79 Å². The molecule has 0 aliphatic heterocycles. The molecule has 0 saturated heterocycles. The van der Waals surface area contributed by atoms with Gasteiger partial charge in [0.15, 0.2) is 0 Å². The average molecular weight is 223 g/mol. The Hall–Kier alpha value is -1.55. The summed E-state index contributed by atoms with van der Waals surface area (Å²) in [6.07, 6.45) is 1.07. The van der Waals surface area contributed by atoms with Crippen molar-refractivity contribution in [2.45, 2.75) is 32.2 Å². The highest BCUT2D eigenvalue weighted by molar-refractivity contribution is 5.66. The lowest BCUT2D eigenvalue weighted by Gasteiger charge is -2.14. The van der Waals surface area contributed by atoms with Gasteiger partial charge in [-0.2, -0.15) is 0 Å². The molecule has 0 amide bonds. The standard InChI is InChI=1S/C12H17NO3/c1-2-8-4-3-5-9(12(8)16)10(13)6-7-11(14)15/h3-5,10,16H,2,6-7,13H2,1H3,(H,14,15). The van der Waals surface area contributed by atoms with Gasteiger partial charge in [0.1, 0.15) is 5.75 Å². The lowest BCUT2D eigenvalue weighted by molar-refractivity contribution is -0.137. The van der Waals surface area contributed by atoms with E-state index < -0.39 is 12.0 Å². The van der Waals surface area contributed by atoms with Crippen LogP contribution in [0.4, 0.5) is 0 Å². The molecular weight excluding hydrogens is 206 g/mol. The Morgan fingerprint density at radius 1 is 1.50 bits per heavy atom. The molecule has 1 rings (SSSR count). The Morgan fingerprint density at radius 3 is 2.75 bits per heavy atom. The second-order valence-corrected chi connectivity index (χ2v) is 3.75. The van der Waals surface area contributed by atoms with Crippen molar-refractivity contribution in [3.8, 4) is 5.75 Å². The Bertz CT molecular complexity index is 377. The van der Waals surface area contributed by atoms with Crippen LogP contribution in [-0.2, 0) is 11.2 Å². The third-order valence-corrected chi connectivity index (χ3v) is 2.60. The number of rotatable bonds is 5. The van der Waals surface area contributed by atoms with E-state index in [-0.39, 0.29) is 12.2 Å². The molecule has 0 bridgehead atoms. The number of carboxylic acids is 1. The van der Waals surface area contributed by atoms with E-state index in [2.05, 4.69) is 0 Å². The van der Waals surface area contributed by atoms with Gasteiger partial charge in [-0.15, -0.1) is 0 Å². The lowest BCUT2D eigenvalue weighted by atomic mass is 9.98. The van der Waals surface area contributed by atoms with Crippen molar-refractivity contribution in [2.24, 2.45) is 5.73 Å². The molecule has 1 aromatic rings. The zero-order valence-electron chi connectivity index (χ0n) is 9.31. The van der Waals surface area contributed by atoms with Crippen LogP contribution >= 0.6 is 0 Å². The third kappa shape index (κ3) is 2.97. The highest BCUT2D eigenvalue weighted by atomic mass is 16.4. The van der Waals surface area contributed by atoms with Crippen LogP contribution in [0.3, 0.4) is 0 Å². The van der Waals surface area contributed by atoms with E-state index >= 15 is 0 Å². The molecule has 88 valence electrons. The summed E-state index contributed by atoms with van der Waals surface area (Å²) in [4.78, 5) is 10.4. The van der Waals surface area contributed by atoms with E-state index in [9.17, 15) is 9.90 Å². The molecular formula is C12H17NO3. The summed E-state index contributed by atoms with van der Waals surface area (Å²) in [6.45, 7) is 1.95. The van der Waals surface area contributed by atoms with Gasteiger partial charge in [0.2, 0.25) is 0 Å². The van der Waals surface area contributed by atoms with Crippen LogP contribution in [-0.4, -0.2) is 16.2 Å². The molecule has 16 heavy (non-hydrogen) atoms. The fraction of sp³-hybridized carbons (Fsp3) is 0.417. The third-order valence-electron chi connectivity index (χ3n) is 2.60. The molecule has 4 N–H and O–H groups in total. The maximum absolute atomic E-state index is 10.4. The fourth-order valence-corrected chi connectivity index (χ4v) is 1.63. The number of aromatic hydroxyl groups is 1. The first-order valence-corrected chi connectivity index (χ1v) is 5.34. The number of para-hydroxylation sites is 1. The van der Waals surface area contributed by atoms with E-state index in [1.54, 1.807) is 6.07 Å². The number of phenols is 1.